The zero-order valence-electron chi connectivity index (χ0n) is 14.7. The van der Waals surface area contributed by atoms with Crippen molar-refractivity contribution < 1.29 is 23.9 Å². The number of amides is 3. The van der Waals surface area contributed by atoms with Crippen molar-refractivity contribution in [3.63, 3.8) is 0 Å². The van der Waals surface area contributed by atoms with Crippen LogP contribution in [0.3, 0.4) is 0 Å². The summed E-state index contributed by atoms with van der Waals surface area (Å²) < 4.78 is 10.8. The lowest BCUT2D eigenvalue weighted by Gasteiger charge is -2.27. The van der Waals surface area contributed by atoms with E-state index in [4.69, 9.17) is 27.4 Å². The van der Waals surface area contributed by atoms with E-state index in [2.05, 4.69) is 11.9 Å². The number of ether oxygens (including phenoxy) is 2. The normalized spacial score (nSPS) is 15.5. The SMILES string of the molecule is C=CCN1C(=O)C(=Cc2ccc(OCC(N)=O)c(OCC)c2)C(=O)NC1=S. The highest BCUT2D eigenvalue weighted by Gasteiger charge is 2.32. The summed E-state index contributed by atoms with van der Waals surface area (Å²) in [5.41, 5.74) is 5.55. The molecule has 142 valence electrons. The second-order valence-corrected chi connectivity index (χ2v) is 5.80. The van der Waals surface area contributed by atoms with Gasteiger partial charge in [0.15, 0.2) is 23.2 Å². The minimum Gasteiger partial charge on any atom is -0.490 e. The van der Waals surface area contributed by atoms with E-state index in [9.17, 15) is 14.4 Å². The van der Waals surface area contributed by atoms with Gasteiger partial charge in [-0.3, -0.25) is 24.6 Å². The highest BCUT2D eigenvalue weighted by molar-refractivity contribution is 7.80. The highest BCUT2D eigenvalue weighted by Crippen LogP contribution is 2.29. The molecule has 27 heavy (non-hydrogen) atoms. The van der Waals surface area contributed by atoms with Crippen LogP contribution in [0.25, 0.3) is 6.08 Å². The summed E-state index contributed by atoms with van der Waals surface area (Å²) in [6.45, 7) is 5.60. The monoisotopic (exact) mass is 389 g/mol. The third-order valence-electron chi connectivity index (χ3n) is 3.45. The summed E-state index contributed by atoms with van der Waals surface area (Å²) in [5, 5.41) is 2.51. The van der Waals surface area contributed by atoms with Crippen LogP contribution >= 0.6 is 12.2 Å². The average Bonchev–Trinajstić information content (AvgIpc) is 2.61. The van der Waals surface area contributed by atoms with Crippen molar-refractivity contribution in [1.29, 1.82) is 0 Å². The van der Waals surface area contributed by atoms with Crippen LogP contribution in [0.5, 0.6) is 11.5 Å². The summed E-state index contributed by atoms with van der Waals surface area (Å²) >= 11 is 5.01. The van der Waals surface area contributed by atoms with Crippen LogP contribution in [-0.2, 0) is 14.4 Å². The second kappa shape index (κ2) is 8.95. The molecule has 3 N–H and O–H groups in total. The van der Waals surface area contributed by atoms with Crippen molar-refractivity contribution in [3.8, 4) is 11.5 Å². The van der Waals surface area contributed by atoms with Gasteiger partial charge in [-0.05, 0) is 42.9 Å². The van der Waals surface area contributed by atoms with E-state index in [1.165, 1.54) is 17.1 Å². The van der Waals surface area contributed by atoms with Crippen LogP contribution in [-0.4, -0.2) is 47.5 Å². The molecular weight excluding hydrogens is 370 g/mol. The first-order valence-electron chi connectivity index (χ1n) is 8.05. The fourth-order valence-corrected chi connectivity index (χ4v) is 2.56. The summed E-state index contributed by atoms with van der Waals surface area (Å²) in [5.74, 6) is -1.04. The maximum atomic E-state index is 12.5. The molecule has 0 spiro atoms. The van der Waals surface area contributed by atoms with Gasteiger partial charge in [-0.2, -0.15) is 0 Å². The Morgan fingerprint density at radius 2 is 2.07 bits per heavy atom. The molecule has 1 aromatic carbocycles. The molecule has 1 fully saturated rings. The minimum absolute atomic E-state index is 0.0345. The summed E-state index contributed by atoms with van der Waals surface area (Å²) in [6.07, 6.45) is 2.94. The Morgan fingerprint density at radius 1 is 1.33 bits per heavy atom. The van der Waals surface area contributed by atoms with Gasteiger partial charge in [-0.1, -0.05) is 12.1 Å². The number of carbonyl (C=O) groups excluding carboxylic acids is 3. The number of hydrogen-bond acceptors (Lipinski definition) is 6. The molecule has 0 saturated carbocycles. The maximum Gasteiger partial charge on any atom is 0.265 e. The van der Waals surface area contributed by atoms with Crippen LogP contribution < -0.4 is 20.5 Å². The molecule has 3 amide bonds. The van der Waals surface area contributed by atoms with Crippen molar-refractivity contribution >= 4 is 41.1 Å². The van der Waals surface area contributed by atoms with Crippen LogP contribution in [0.1, 0.15) is 12.5 Å². The number of nitrogens with one attached hydrogen (secondary N) is 1. The van der Waals surface area contributed by atoms with Crippen LogP contribution in [0.4, 0.5) is 0 Å². The molecule has 2 rings (SSSR count). The lowest BCUT2D eigenvalue weighted by Crippen LogP contribution is -2.53. The van der Waals surface area contributed by atoms with E-state index < -0.39 is 17.7 Å². The third-order valence-corrected chi connectivity index (χ3v) is 3.77. The van der Waals surface area contributed by atoms with Gasteiger partial charge < -0.3 is 15.2 Å². The van der Waals surface area contributed by atoms with E-state index in [1.807, 2.05) is 0 Å². The molecule has 0 aliphatic carbocycles. The Kier molecular flexibility index (Phi) is 6.67. The standard InChI is InChI=1S/C18H19N3O5S/c1-3-7-21-17(24)12(16(23)20-18(21)27)8-11-5-6-13(26-10-15(19)22)14(9-11)25-4-2/h3,5-6,8-9H,1,4,7,10H2,2H3,(H2,19,22)(H,20,23,27). The second-order valence-electron chi connectivity index (χ2n) is 5.42. The van der Waals surface area contributed by atoms with Gasteiger partial charge in [0.05, 0.1) is 6.61 Å². The van der Waals surface area contributed by atoms with Crippen LogP contribution in [0.2, 0.25) is 0 Å². The fourth-order valence-electron chi connectivity index (χ4n) is 2.31. The van der Waals surface area contributed by atoms with Gasteiger partial charge in [0.1, 0.15) is 5.57 Å². The fraction of sp³-hybridized carbons (Fsp3) is 0.222. The van der Waals surface area contributed by atoms with Gasteiger partial charge in [-0.25, -0.2) is 0 Å². The van der Waals surface area contributed by atoms with Gasteiger partial charge in [0.25, 0.3) is 17.7 Å². The van der Waals surface area contributed by atoms with Gasteiger partial charge >= 0.3 is 0 Å². The number of primary amides is 1. The molecule has 1 aromatic rings. The van der Waals surface area contributed by atoms with Crippen molar-refractivity contribution in [3.05, 3.63) is 42.0 Å². The first kappa shape index (κ1) is 20.1. The molecular formula is C18H19N3O5S. The maximum absolute atomic E-state index is 12.5. The van der Waals surface area contributed by atoms with Gasteiger partial charge in [0.2, 0.25) is 0 Å². The van der Waals surface area contributed by atoms with Crippen molar-refractivity contribution in [2.75, 3.05) is 19.8 Å². The summed E-state index contributed by atoms with van der Waals surface area (Å²) in [4.78, 5) is 36.9. The molecule has 1 saturated heterocycles. The van der Waals surface area contributed by atoms with Crippen molar-refractivity contribution in [2.45, 2.75) is 6.92 Å². The lowest BCUT2D eigenvalue weighted by molar-refractivity contribution is -0.128. The Balaban J connectivity index is 2.35. The predicted molar refractivity (Wildman–Crippen MR) is 103 cm³/mol. The third kappa shape index (κ3) is 4.91. The van der Waals surface area contributed by atoms with Crippen LogP contribution in [0, 0.1) is 0 Å². The molecule has 0 radical (unpaired) electrons. The summed E-state index contributed by atoms with van der Waals surface area (Å²) in [7, 11) is 0. The van der Waals surface area contributed by atoms with Crippen molar-refractivity contribution in [2.24, 2.45) is 5.73 Å². The Labute approximate surface area is 161 Å². The van der Waals surface area contributed by atoms with Gasteiger partial charge in [-0.15, -0.1) is 6.58 Å². The van der Waals surface area contributed by atoms with E-state index >= 15 is 0 Å². The molecule has 9 heteroatoms. The smallest absolute Gasteiger partial charge is 0.265 e. The largest absolute Gasteiger partial charge is 0.490 e. The number of benzene rings is 1. The Morgan fingerprint density at radius 3 is 2.70 bits per heavy atom. The van der Waals surface area contributed by atoms with Crippen LogP contribution in [0.15, 0.2) is 36.4 Å². The molecule has 0 aromatic heterocycles. The molecule has 1 aliphatic heterocycles. The molecule has 1 aliphatic rings. The van der Waals surface area contributed by atoms with E-state index in [0.29, 0.717) is 23.7 Å². The van der Waals surface area contributed by atoms with E-state index in [-0.39, 0.29) is 23.8 Å². The number of thiocarbonyl (C=S) groups is 1. The Bertz CT molecular complexity index is 834. The average molecular weight is 389 g/mol. The molecule has 0 bridgehead atoms. The Hall–Kier alpha value is -3.20. The number of nitrogens with zero attached hydrogens (tertiary/aromatic N) is 1. The number of hydrogen-bond donors (Lipinski definition) is 2. The highest BCUT2D eigenvalue weighted by atomic mass is 32.1. The number of nitrogens with two attached hydrogens (primary N) is 1. The minimum atomic E-state index is -0.619. The number of carbonyl (C=O) groups is 3. The zero-order chi connectivity index (χ0) is 20.0. The molecule has 8 nitrogen and oxygen atoms in total. The first-order valence-corrected chi connectivity index (χ1v) is 8.46. The summed E-state index contributed by atoms with van der Waals surface area (Å²) in [6, 6.07) is 4.78. The quantitative estimate of drug-likeness (QED) is 0.294. The molecule has 0 unspecified atom stereocenters. The van der Waals surface area contributed by atoms with Gasteiger partial charge in [0, 0.05) is 6.54 Å². The van der Waals surface area contributed by atoms with E-state index in [0.717, 1.165) is 0 Å². The zero-order valence-corrected chi connectivity index (χ0v) is 15.5. The predicted octanol–water partition coefficient (Wildman–Crippen LogP) is 0.762. The molecule has 1 heterocycles. The first-order chi connectivity index (χ1) is 12.9. The molecule has 0 atom stereocenters. The van der Waals surface area contributed by atoms with Crippen molar-refractivity contribution in [1.82, 2.24) is 10.2 Å². The topological polar surface area (TPSA) is 111 Å². The van der Waals surface area contributed by atoms with E-state index in [1.54, 1.807) is 25.1 Å². The lowest BCUT2D eigenvalue weighted by atomic mass is 10.1. The number of rotatable bonds is 8.